The molecule has 0 aliphatic rings. The van der Waals surface area contributed by atoms with E-state index in [1.165, 1.54) is 12.1 Å². The second-order valence-electron chi connectivity index (χ2n) is 3.56. The molecule has 1 rings (SSSR count). The van der Waals surface area contributed by atoms with E-state index in [4.69, 9.17) is 5.73 Å². The quantitative estimate of drug-likeness (QED) is 0.853. The molecule has 0 amide bonds. The fourth-order valence-corrected chi connectivity index (χ4v) is 3.04. The maximum atomic E-state index is 12.2. The number of rotatable bonds is 3. The lowest BCUT2D eigenvalue weighted by Crippen LogP contribution is -2.36. The molecule has 0 heterocycles. The molecule has 0 aliphatic heterocycles. The monoisotopic (exact) mass is 346 g/mol. The van der Waals surface area contributed by atoms with E-state index >= 15 is 0 Å². The second kappa shape index (κ2) is 5.06. The minimum absolute atomic E-state index is 0.104. The topological polar surface area (TPSA) is 63.4 Å². The molecule has 0 bridgehead atoms. The molecule has 4 nitrogen and oxygen atoms in total. The van der Waals surface area contributed by atoms with Crippen LogP contribution in [-0.4, -0.2) is 32.5 Å². The number of halogens is 4. The minimum atomic E-state index is -4.61. The van der Waals surface area contributed by atoms with Crippen molar-refractivity contribution in [1.29, 1.82) is 0 Å². The van der Waals surface area contributed by atoms with E-state index in [2.05, 4.69) is 15.9 Å². The van der Waals surface area contributed by atoms with Crippen molar-refractivity contribution in [2.45, 2.75) is 11.1 Å². The van der Waals surface area contributed by atoms with Crippen LogP contribution in [0, 0.1) is 0 Å². The summed E-state index contributed by atoms with van der Waals surface area (Å²) in [6.07, 6.45) is -4.61. The van der Waals surface area contributed by atoms with Crippen molar-refractivity contribution in [2.24, 2.45) is 0 Å². The number of nitrogens with two attached hydrogens (primary N) is 1. The maximum Gasteiger partial charge on any atom is 0.402 e. The Hall–Kier alpha value is -0.800. The number of hydrogen-bond acceptors (Lipinski definition) is 3. The highest BCUT2D eigenvalue weighted by Crippen LogP contribution is 2.27. The zero-order chi connectivity index (χ0) is 14.1. The van der Waals surface area contributed by atoms with Gasteiger partial charge in [-0.3, -0.25) is 0 Å². The van der Waals surface area contributed by atoms with Crippen LogP contribution in [0.5, 0.6) is 0 Å². The molecule has 0 aliphatic carbocycles. The predicted molar refractivity (Wildman–Crippen MR) is 64.4 cm³/mol. The Morgan fingerprint density at radius 2 is 1.94 bits per heavy atom. The highest BCUT2D eigenvalue weighted by atomic mass is 79.9. The third kappa shape index (κ3) is 3.59. The van der Waals surface area contributed by atoms with Crippen molar-refractivity contribution in [3.63, 3.8) is 0 Å². The Morgan fingerprint density at radius 3 is 2.44 bits per heavy atom. The zero-order valence-corrected chi connectivity index (χ0v) is 11.6. The zero-order valence-electron chi connectivity index (χ0n) is 9.20. The minimum Gasteiger partial charge on any atom is -0.398 e. The van der Waals surface area contributed by atoms with Crippen LogP contribution in [0.3, 0.4) is 0 Å². The molecule has 0 saturated heterocycles. The summed E-state index contributed by atoms with van der Waals surface area (Å²) in [7, 11) is -3.42. The van der Waals surface area contributed by atoms with Gasteiger partial charge in [-0.1, -0.05) is 15.9 Å². The summed E-state index contributed by atoms with van der Waals surface area (Å²) < 4.78 is 61.0. The van der Waals surface area contributed by atoms with Crippen LogP contribution >= 0.6 is 15.9 Å². The highest BCUT2D eigenvalue weighted by molar-refractivity contribution is 9.10. The van der Waals surface area contributed by atoms with Crippen LogP contribution in [0.15, 0.2) is 27.6 Å². The maximum absolute atomic E-state index is 12.2. The Bertz CT molecular complexity index is 545. The summed E-state index contributed by atoms with van der Waals surface area (Å²) in [6.45, 7) is -1.57. The van der Waals surface area contributed by atoms with Gasteiger partial charge in [-0.25, -0.2) is 8.42 Å². The van der Waals surface area contributed by atoms with Gasteiger partial charge in [0.2, 0.25) is 10.0 Å². The molecule has 9 heteroatoms. The number of alkyl halides is 3. The number of sulfonamides is 1. The first-order valence-corrected chi connectivity index (χ1v) is 6.85. The van der Waals surface area contributed by atoms with Crippen LogP contribution in [-0.2, 0) is 10.0 Å². The first-order valence-electron chi connectivity index (χ1n) is 4.62. The van der Waals surface area contributed by atoms with E-state index in [0.29, 0.717) is 4.47 Å². The van der Waals surface area contributed by atoms with Gasteiger partial charge < -0.3 is 5.73 Å². The number of hydrogen-bond donors (Lipinski definition) is 1. The van der Waals surface area contributed by atoms with Gasteiger partial charge in [0, 0.05) is 11.5 Å². The summed E-state index contributed by atoms with van der Waals surface area (Å²) in [5.74, 6) is 0. The van der Waals surface area contributed by atoms with Gasteiger partial charge in [-0.05, 0) is 18.2 Å². The van der Waals surface area contributed by atoms with Crippen LogP contribution in [0.1, 0.15) is 0 Å². The molecule has 0 atom stereocenters. The molecule has 0 aromatic heterocycles. The molecule has 1 aromatic rings. The largest absolute Gasteiger partial charge is 0.402 e. The van der Waals surface area contributed by atoms with Gasteiger partial charge in [-0.2, -0.15) is 17.5 Å². The third-order valence-corrected chi connectivity index (χ3v) is 4.42. The third-order valence-electron chi connectivity index (χ3n) is 2.07. The molecule has 2 N–H and O–H groups in total. The van der Waals surface area contributed by atoms with E-state index < -0.39 is 22.7 Å². The van der Waals surface area contributed by atoms with Gasteiger partial charge in [0.1, 0.15) is 11.4 Å². The van der Waals surface area contributed by atoms with Crippen LogP contribution in [0.4, 0.5) is 18.9 Å². The van der Waals surface area contributed by atoms with E-state index in [1.54, 1.807) is 0 Å². The van der Waals surface area contributed by atoms with Gasteiger partial charge >= 0.3 is 6.18 Å². The average molecular weight is 347 g/mol. The van der Waals surface area contributed by atoms with Crippen molar-refractivity contribution >= 4 is 31.6 Å². The number of benzene rings is 1. The molecule has 0 spiro atoms. The van der Waals surface area contributed by atoms with Gasteiger partial charge in [0.25, 0.3) is 0 Å². The molecular formula is C9H10BrF3N2O2S. The smallest absolute Gasteiger partial charge is 0.398 e. The Morgan fingerprint density at radius 1 is 1.39 bits per heavy atom. The Balaban J connectivity index is 3.17. The average Bonchev–Trinajstić information content (AvgIpc) is 2.19. The molecular weight excluding hydrogens is 337 g/mol. The molecule has 0 fully saturated rings. The lowest BCUT2D eigenvalue weighted by Gasteiger charge is -2.19. The Labute approximate surface area is 111 Å². The lowest BCUT2D eigenvalue weighted by molar-refractivity contribution is -0.134. The molecule has 0 saturated carbocycles. The number of nitrogen functional groups attached to an aromatic ring is 1. The predicted octanol–water partition coefficient (Wildman–Crippen LogP) is 2.21. The number of anilines is 1. The summed E-state index contributed by atoms with van der Waals surface area (Å²) >= 11 is 3.04. The molecule has 0 unspecified atom stereocenters. The van der Waals surface area contributed by atoms with Crippen LogP contribution in [0.2, 0.25) is 0 Å². The summed E-state index contributed by atoms with van der Waals surface area (Å²) in [5, 5.41) is 0. The summed E-state index contributed by atoms with van der Waals surface area (Å²) in [6, 6.07) is 3.97. The Kier molecular flexibility index (Phi) is 4.29. The van der Waals surface area contributed by atoms with Crippen LogP contribution < -0.4 is 5.73 Å². The summed E-state index contributed by atoms with van der Waals surface area (Å²) in [5.41, 5.74) is 5.36. The van der Waals surface area contributed by atoms with Crippen molar-refractivity contribution in [2.75, 3.05) is 19.3 Å². The van der Waals surface area contributed by atoms with Gasteiger partial charge in [0.15, 0.2) is 0 Å². The van der Waals surface area contributed by atoms with E-state index in [1.807, 2.05) is 0 Å². The SMILES string of the molecule is CN(CC(F)(F)F)S(=O)(=O)c1cc(Br)ccc1N. The lowest BCUT2D eigenvalue weighted by atomic mass is 10.3. The van der Waals surface area contributed by atoms with E-state index in [0.717, 1.165) is 13.1 Å². The summed E-state index contributed by atoms with van der Waals surface area (Å²) in [4.78, 5) is -0.358. The van der Waals surface area contributed by atoms with E-state index in [9.17, 15) is 21.6 Å². The second-order valence-corrected chi connectivity index (χ2v) is 6.49. The van der Waals surface area contributed by atoms with Gasteiger partial charge in [0.05, 0.1) is 5.69 Å². The highest BCUT2D eigenvalue weighted by Gasteiger charge is 2.35. The first-order chi connectivity index (χ1) is 8.04. The van der Waals surface area contributed by atoms with Crippen molar-refractivity contribution in [3.8, 4) is 0 Å². The van der Waals surface area contributed by atoms with Crippen molar-refractivity contribution in [3.05, 3.63) is 22.7 Å². The van der Waals surface area contributed by atoms with Gasteiger partial charge in [-0.15, -0.1) is 0 Å². The fraction of sp³-hybridized carbons (Fsp3) is 0.333. The molecule has 18 heavy (non-hydrogen) atoms. The van der Waals surface area contributed by atoms with Crippen LogP contribution in [0.25, 0.3) is 0 Å². The van der Waals surface area contributed by atoms with E-state index in [-0.39, 0.29) is 14.9 Å². The standard InChI is InChI=1S/C9H10BrF3N2O2S/c1-15(5-9(11,12)13)18(16,17)8-4-6(10)2-3-7(8)14/h2-4H,5,14H2,1H3. The van der Waals surface area contributed by atoms with Crippen molar-refractivity contribution in [1.82, 2.24) is 4.31 Å². The fourth-order valence-electron chi connectivity index (χ4n) is 1.24. The molecule has 0 radical (unpaired) electrons. The molecule has 102 valence electrons. The van der Waals surface area contributed by atoms with Crippen molar-refractivity contribution < 1.29 is 21.6 Å². The number of nitrogens with zero attached hydrogens (tertiary/aromatic N) is 1. The first kappa shape index (κ1) is 15.3. The molecule has 1 aromatic carbocycles. The normalized spacial score (nSPS) is 13.0.